The van der Waals surface area contributed by atoms with E-state index in [0.717, 1.165) is 51.4 Å². The van der Waals surface area contributed by atoms with E-state index in [0.29, 0.717) is 0 Å². The lowest BCUT2D eigenvalue weighted by Gasteiger charge is -2.26. The number of amides is 1. The molecule has 0 N–H and O–H groups in total. The lowest BCUT2D eigenvalue weighted by Crippen LogP contribution is -2.33. The Morgan fingerprint density at radius 3 is 2.58 bits per heavy atom. The number of hydrogen-bond acceptors (Lipinski definition) is 3. The third-order valence-electron chi connectivity index (χ3n) is 4.78. The van der Waals surface area contributed by atoms with Gasteiger partial charge >= 0.3 is 0 Å². The van der Waals surface area contributed by atoms with Crippen LogP contribution in [0.3, 0.4) is 0 Å². The molecule has 1 aromatic heterocycles. The number of carbonyl (C=O) groups excluding carboxylic acids is 1. The summed E-state index contributed by atoms with van der Waals surface area (Å²) < 4.78 is 1.10. The summed E-state index contributed by atoms with van der Waals surface area (Å²) in [6.07, 6.45) is 6.98. The molecule has 3 aromatic rings. The van der Waals surface area contributed by atoms with Crippen molar-refractivity contribution in [3.05, 3.63) is 65.7 Å². The first-order chi connectivity index (χ1) is 12.6. The molecule has 3 nitrogen and oxygen atoms in total. The van der Waals surface area contributed by atoms with Crippen LogP contribution in [0.2, 0.25) is 0 Å². The Kier molecular flexibility index (Phi) is 4.60. The molecule has 1 amide bonds. The number of carbonyl (C=O) groups is 1. The van der Waals surface area contributed by atoms with Gasteiger partial charge in [0.1, 0.15) is 0 Å². The first-order valence-electron chi connectivity index (χ1n) is 9.04. The van der Waals surface area contributed by atoms with Gasteiger partial charge in [-0.1, -0.05) is 41.7 Å². The van der Waals surface area contributed by atoms with Gasteiger partial charge in [0.05, 0.1) is 15.9 Å². The van der Waals surface area contributed by atoms with Gasteiger partial charge in [-0.2, -0.15) is 0 Å². The van der Waals surface area contributed by atoms with Gasteiger partial charge in [-0.3, -0.25) is 9.69 Å². The van der Waals surface area contributed by atoms with Gasteiger partial charge in [-0.25, -0.2) is 4.98 Å². The predicted molar refractivity (Wildman–Crippen MR) is 109 cm³/mol. The van der Waals surface area contributed by atoms with Crippen LogP contribution in [0.15, 0.2) is 54.6 Å². The van der Waals surface area contributed by atoms with Crippen LogP contribution in [0.5, 0.6) is 0 Å². The van der Waals surface area contributed by atoms with Crippen molar-refractivity contribution in [2.45, 2.75) is 33.1 Å². The summed E-state index contributed by atoms with van der Waals surface area (Å²) in [6, 6.07) is 14.4. The maximum absolute atomic E-state index is 13.5. The molecule has 26 heavy (non-hydrogen) atoms. The molecule has 1 unspecified atom stereocenters. The van der Waals surface area contributed by atoms with Gasteiger partial charge in [-0.05, 0) is 68.5 Å². The number of para-hydroxylation sites is 1. The molecule has 2 aromatic carbocycles. The Hall–Kier alpha value is -2.46. The van der Waals surface area contributed by atoms with E-state index in [1.807, 2.05) is 23.1 Å². The Bertz CT molecular complexity index is 935. The number of aromatic nitrogens is 1. The van der Waals surface area contributed by atoms with E-state index in [-0.39, 0.29) is 11.8 Å². The average molecular weight is 362 g/mol. The van der Waals surface area contributed by atoms with Crippen molar-refractivity contribution in [2.75, 3.05) is 4.90 Å². The van der Waals surface area contributed by atoms with Crippen molar-refractivity contribution in [3.63, 3.8) is 0 Å². The van der Waals surface area contributed by atoms with Gasteiger partial charge in [0, 0.05) is 5.92 Å². The number of thiazole rings is 1. The Labute approximate surface area is 158 Å². The molecule has 0 saturated heterocycles. The minimum atomic E-state index is 0.0211. The largest absolute Gasteiger partial charge is 0.274 e. The number of fused-ring (bicyclic) bond motifs is 1. The Balaban J connectivity index is 1.82. The number of hydrogen-bond donors (Lipinski definition) is 0. The summed E-state index contributed by atoms with van der Waals surface area (Å²) in [5.41, 5.74) is 4.17. The lowest BCUT2D eigenvalue weighted by molar-refractivity contribution is -0.121. The maximum Gasteiger partial charge on any atom is 0.236 e. The second-order valence-corrected chi connectivity index (χ2v) is 7.97. The molecule has 0 saturated carbocycles. The van der Waals surface area contributed by atoms with Crippen molar-refractivity contribution in [1.82, 2.24) is 4.98 Å². The number of anilines is 2. The number of nitrogens with zero attached hydrogens (tertiary/aromatic N) is 2. The molecule has 132 valence electrons. The van der Waals surface area contributed by atoms with Gasteiger partial charge in [-0.15, -0.1) is 0 Å². The lowest BCUT2D eigenvalue weighted by atomic mass is 9.93. The second kappa shape index (κ2) is 7.04. The zero-order valence-corrected chi connectivity index (χ0v) is 15.9. The van der Waals surface area contributed by atoms with Gasteiger partial charge in [0.15, 0.2) is 5.13 Å². The van der Waals surface area contributed by atoms with Crippen LogP contribution in [0.1, 0.15) is 30.4 Å². The minimum Gasteiger partial charge on any atom is -0.274 e. The highest BCUT2D eigenvalue weighted by Gasteiger charge is 2.29. The fraction of sp³-hybridized carbons (Fsp3) is 0.273. The van der Waals surface area contributed by atoms with E-state index in [1.165, 1.54) is 0 Å². The maximum atomic E-state index is 13.5. The smallest absolute Gasteiger partial charge is 0.236 e. The summed E-state index contributed by atoms with van der Waals surface area (Å²) in [5.74, 6) is 0.172. The van der Waals surface area contributed by atoms with Gasteiger partial charge < -0.3 is 0 Å². The number of aryl methyl sites for hydroxylation is 2. The molecule has 1 atom stereocenters. The van der Waals surface area contributed by atoms with Crippen molar-refractivity contribution >= 4 is 38.3 Å². The molecule has 0 spiro atoms. The molecule has 4 rings (SSSR count). The van der Waals surface area contributed by atoms with Crippen LogP contribution in [0.25, 0.3) is 10.2 Å². The van der Waals surface area contributed by atoms with Crippen LogP contribution in [0, 0.1) is 19.8 Å². The molecule has 0 aliphatic heterocycles. The first-order valence-corrected chi connectivity index (χ1v) is 9.86. The van der Waals surface area contributed by atoms with Crippen LogP contribution in [0.4, 0.5) is 10.8 Å². The van der Waals surface area contributed by atoms with Crippen molar-refractivity contribution in [2.24, 2.45) is 5.92 Å². The molecule has 0 bridgehead atoms. The topological polar surface area (TPSA) is 33.2 Å². The first kappa shape index (κ1) is 17.0. The van der Waals surface area contributed by atoms with E-state index >= 15 is 0 Å². The third kappa shape index (κ3) is 3.29. The fourth-order valence-electron chi connectivity index (χ4n) is 3.57. The Morgan fingerprint density at radius 1 is 1.12 bits per heavy atom. The van der Waals surface area contributed by atoms with E-state index in [1.54, 1.807) is 11.3 Å². The molecule has 0 radical (unpaired) electrons. The zero-order valence-electron chi connectivity index (χ0n) is 15.1. The van der Waals surface area contributed by atoms with Crippen molar-refractivity contribution in [1.29, 1.82) is 0 Å². The summed E-state index contributed by atoms with van der Waals surface area (Å²) in [7, 11) is 0. The predicted octanol–water partition coefficient (Wildman–Crippen LogP) is 5.93. The van der Waals surface area contributed by atoms with E-state index in [2.05, 4.69) is 50.3 Å². The zero-order chi connectivity index (χ0) is 18.1. The summed E-state index contributed by atoms with van der Waals surface area (Å²) in [5, 5.41) is 0.760. The highest BCUT2D eigenvalue weighted by atomic mass is 32.1. The minimum absolute atomic E-state index is 0.0211. The average Bonchev–Trinajstić information content (AvgIpc) is 3.05. The molecular formula is C22H22N2OS. The quantitative estimate of drug-likeness (QED) is 0.541. The van der Waals surface area contributed by atoms with Crippen LogP contribution in [-0.4, -0.2) is 10.9 Å². The SMILES string of the molecule is Cc1cc(C)cc(N(C(=O)C2CC=CCC2)c2nc3ccccc3s2)c1. The molecule has 0 fully saturated rings. The number of benzene rings is 2. The highest BCUT2D eigenvalue weighted by molar-refractivity contribution is 7.22. The van der Waals surface area contributed by atoms with Crippen molar-refractivity contribution in [3.8, 4) is 0 Å². The summed E-state index contributed by atoms with van der Waals surface area (Å²) in [4.78, 5) is 20.1. The number of rotatable bonds is 3. The molecule has 1 aliphatic carbocycles. The van der Waals surface area contributed by atoms with Gasteiger partial charge in [0.25, 0.3) is 0 Å². The molecule has 1 aliphatic rings. The Morgan fingerprint density at radius 2 is 1.88 bits per heavy atom. The van der Waals surface area contributed by atoms with Crippen LogP contribution >= 0.6 is 11.3 Å². The number of allylic oxidation sites excluding steroid dienone is 2. The van der Waals surface area contributed by atoms with Crippen molar-refractivity contribution < 1.29 is 4.79 Å². The molecular weight excluding hydrogens is 340 g/mol. The standard InChI is InChI=1S/C22H22N2OS/c1-15-12-16(2)14-18(13-15)24(21(25)17-8-4-3-5-9-17)22-23-19-10-6-7-11-20(19)26-22/h3-4,6-7,10-14,17H,5,8-9H2,1-2H3. The van der Waals surface area contributed by atoms with Crippen LogP contribution < -0.4 is 4.90 Å². The highest BCUT2D eigenvalue weighted by Crippen LogP contribution is 2.36. The second-order valence-electron chi connectivity index (χ2n) is 6.97. The summed E-state index contributed by atoms with van der Waals surface area (Å²) >= 11 is 1.58. The van der Waals surface area contributed by atoms with E-state index < -0.39 is 0 Å². The van der Waals surface area contributed by atoms with E-state index in [4.69, 9.17) is 4.98 Å². The van der Waals surface area contributed by atoms with Gasteiger partial charge in [0.2, 0.25) is 5.91 Å². The third-order valence-corrected chi connectivity index (χ3v) is 5.80. The summed E-state index contributed by atoms with van der Waals surface area (Å²) in [6.45, 7) is 4.14. The van der Waals surface area contributed by atoms with Crippen LogP contribution in [-0.2, 0) is 4.79 Å². The van der Waals surface area contributed by atoms with E-state index in [9.17, 15) is 4.79 Å². The molecule has 4 heteroatoms. The normalized spacial score (nSPS) is 16.8. The monoisotopic (exact) mass is 362 g/mol. The molecule has 1 heterocycles. The fourth-order valence-corrected chi connectivity index (χ4v) is 4.56.